The summed E-state index contributed by atoms with van der Waals surface area (Å²) in [6, 6.07) is 4.20. The van der Waals surface area contributed by atoms with Gasteiger partial charge in [0, 0.05) is 19.6 Å². The summed E-state index contributed by atoms with van der Waals surface area (Å²) < 4.78 is 10.9. The lowest BCUT2D eigenvalue weighted by Gasteiger charge is -2.35. The molecule has 0 radical (unpaired) electrons. The highest BCUT2D eigenvalue weighted by atomic mass is 127. The van der Waals surface area contributed by atoms with Gasteiger partial charge in [-0.3, -0.25) is 14.7 Å². The van der Waals surface area contributed by atoms with Crippen LogP contribution in [0.15, 0.2) is 27.8 Å². The zero-order chi connectivity index (χ0) is 20.5. The Morgan fingerprint density at radius 3 is 2.57 bits per heavy atom. The first-order valence-corrected chi connectivity index (χ1v) is 11.2. The maximum absolute atomic E-state index is 12.0. The molecule has 8 heteroatoms. The number of carbonyl (C=O) groups excluding carboxylic acids is 1. The molecule has 7 nitrogen and oxygen atoms in total. The van der Waals surface area contributed by atoms with Crippen molar-refractivity contribution in [3.8, 4) is 0 Å². The van der Waals surface area contributed by atoms with Crippen molar-refractivity contribution in [3.05, 3.63) is 24.2 Å². The van der Waals surface area contributed by atoms with Crippen LogP contribution in [-0.2, 0) is 9.53 Å². The van der Waals surface area contributed by atoms with Crippen LogP contribution >= 0.6 is 24.0 Å². The normalized spacial score (nSPS) is 19.8. The van der Waals surface area contributed by atoms with E-state index in [1.54, 1.807) is 6.26 Å². The molecule has 1 N–H and O–H groups in total. The fourth-order valence-electron chi connectivity index (χ4n) is 4.28. The van der Waals surface area contributed by atoms with Crippen molar-refractivity contribution in [1.29, 1.82) is 0 Å². The standard InChI is InChI=1S/C22H36N4O3.HI/c1-3-23-22(26-14-10-18(11-15-26)21(27)28-4-2)24-17-19(20-9-8-16-29-20)25-12-6-5-7-13-25;/h8-9,16,18-19H,3-7,10-15,17H2,1-2H3,(H,23,24);1H. The number of halogens is 1. The van der Waals surface area contributed by atoms with Crippen molar-refractivity contribution in [2.75, 3.05) is 45.9 Å². The summed E-state index contributed by atoms with van der Waals surface area (Å²) in [4.78, 5) is 21.8. The van der Waals surface area contributed by atoms with Crippen molar-refractivity contribution in [3.63, 3.8) is 0 Å². The van der Waals surface area contributed by atoms with Crippen LogP contribution < -0.4 is 5.32 Å². The maximum Gasteiger partial charge on any atom is 0.309 e. The van der Waals surface area contributed by atoms with Gasteiger partial charge in [-0.15, -0.1) is 24.0 Å². The van der Waals surface area contributed by atoms with Gasteiger partial charge in [0.15, 0.2) is 5.96 Å². The lowest BCUT2D eigenvalue weighted by molar-refractivity contribution is -0.149. The Morgan fingerprint density at radius 1 is 1.23 bits per heavy atom. The first-order chi connectivity index (χ1) is 14.2. The summed E-state index contributed by atoms with van der Waals surface area (Å²) in [6.45, 7) is 9.75. The van der Waals surface area contributed by atoms with Gasteiger partial charge in [-0.25, -0.2) is 0 Å². The molecular formula is C22H37IN4O3. The average molecular weight is 532 g/mol. The van der Waals surface area contributed by atoms with E-state index in [0.29, 0.717) is 13.2 Å². The summed E-state index contributed by atoms with van der Waals surface area (Å²) in [5.41, 5.74) is 0. The maximum atomic E-state index is 12.0. The average Bonchev–Trinajstić information content (AvgIpc) is 3.29. The molecule has 0 aromatic carbocycles. The van der Waals surface area contributed by atoms with Gasteiger partial charge >= 0.3 is 5.97 Å². The topological polar surface area (TPSA) is 70.3 Å². The van der Waals surface area contributed by atoms with Gasteiger partial charge in [0.05, 0.1) is 31.4 Å². The van der Waals surface area contributed by atoms with Crippen LogP contribution in [0, 0.1) is 5.92 Å². The highest BCUT2D eigenvalue weighted by Gasteiger charge is 2.28. The first kappa shape index (κ1) is 25.0. The second-order valence-corrected chi connectivity index (χ2v) is 7.84. The Hall–Kier alpha value is -1.29. The van der Waals surface area contributed by atoms with E-state index >= 15 is 0 Å². The van der Waals surface area contributed by atoms with E-state index in [1.165, 1.54) is 19.3 Å². The van der Waals surface area contributed by atoms with E-state index in [-0.39, 0.29) is 41.9 Å². The Bertz CT molecular complexity index is 639. The van der Waals surface area contributed by atoms with Gasteiger partial charge in [0.1, 0.15) is 5.76 Å². The second kappa shape index (κ2) is 13.2. The Kier molecular flexibility index (Phi) is 11.0. The molecule has 1 aromatic heterocycles. The molecule has 3 rings (SSSR count). The minimum Gasteiger partial charge on any atom is -0.468 e. The van der Waals surface area contributed by atoms with Gasteiger partial charge < -0.3 is 19.4 Å². The molecule has 2 aliphatic rings. The molecule has 1 unspecified atom stereocenters. The third-order valence-corrected chi connectivity index (χ3v) is 5.87. The van der Waals surface area contributed by atoms with Crippen LogP contribution in [0.3, 0.4) is 0 Å². The van der Waals surface area contributed by atoms with Crippen LogP contribution in [0.5, 0.6) is 0 Å². The molecule has 0 saturated carbocycles. The summed E-state index contributed by atoms with van der Waals surface area (Å²) in [5, 5.41) is 3.44. The van der Waals surface area contributed by atoms with Crippen LogP contribution in [0.25, 0.3) is 0 Å². The molecule has 1 aromatic rings. The number of ether oxygens (including phenoxy) is 1. The number of rotatable bonds is 7. The van der Waals surface area contributed by atoms with Crippen LogP contribution in [-0.4, -0.2) is 67.6 Å². The number of esters is 1. The largest absolute Gasteiger partial charge is 0.468 e. The lowest BCUT2D eigenvalue weighted by Crippen LogP contribution is -2.47. The molecule has 3 heterocycles. The molecule has 170 valence electrons. The Morgan fingerprint density at radius 2 is 1.97 bits per heavy atom. The summed E-state index contributed by atoms with van der Waals surface area (Å²) in [5.74, 6) is 1.88. The summed E-state index contributed by atoms with van der Waals surface area (Å²) >= 11 is 0. The molecule has 0 amide bonds. The van der Waals surface area contributed by atoms with E-state index in [1.807, 2.05) is 13.0 Å². The molecule has 0 aliphatic carbocycles. The van der Waals surface area contributed by atoms with Gasteiger partial charge in [-0.05, 0) is 64.8 Å². The molecule has 2 aliphatic heterocycles. The van der Waals surface area contributed by atoms with Crippen molar-refractivity contribution >= 4 is 35.9 Å². The van der Waals surface area contributed by atoms with Crippen LogP contribution in [0.2, 0.25) is 0 Å². The fourth-order valence-corrected chi connectivity index (χ4v) is 4.28. The predicted octanol–water partition coefficient (Wildman–Crippen LogP) is 3.67. The monoisotopic (exact) mass is 532 g/mol. The minimum absolute atomic E-state index is 0. The van der Waals surface area contributed by atoms with Gasteiger partial charge in [-0.2, -0.15) is 0 Å². The number of guanidine groups is 1. The molecule has 0 spiro atoms. The molecule has 0 bridgehead atoms. The van der Waals surface area contributed by atoms with Crippen molar-refractivity contribution in [2.45, 2.75) is 52.0 Å². The van der Waals surface area contributed by atoms with Crippen molar-refractivity contribution < 1.29 is 13.9 Å². The van der Waals surface area contributed by atoms with Gasteiger partial charge in [0.25, 0.3) is 0 Å². The number of hydrogen-bond acceptors (Lipinski definition) is 5. The smallest absolute Gasteiger partial charge is 0.309 e. The molecule has 2 saturated heterocycles. The number of nitrogens with zero attached hydrogens (tertiary/aromatic N) is 3. The number of piperidine rings is 2. The molecule has 1 atom stereocenters. The SMILES string of the molecule is CCNC(=NCC(c1ccco1)N1CCCCC1)N1CCC(C(=O)OCC)CC1.I. The minimum atomic E-state index is -0.0583. The Balaban J connectivity index is 0.00000320. The summed E-state index contributed by atoms with van der Waals surface area (Å²) in [7, 11) is 0. The highest BCUT2D eigenvalue weighted by molar-refractivity contribution is 14.0. The van der Waals surface area contributed by atoms with Crippen LogP contribution in [0.1, 0.15) is 57.8 Å². The van der Waals surface area contributed by atoms with Gasteiger partial charge in [-0.1, -0.05) is 6.42 Å². The first-order valence-electron chi connectivity index (χ1n) is 11.2. The predicted molar refractivity (Wildman–Crippen MR) is 129 cm³/mol. The number of furan rings is 1. The second-order valence-electron chi connectivity index (χ2n) is 7.84. The van der Waals surface area contributed by atoms with E-state index in [9.17, 15) is 4.79 Å². The highest BCUT2D eigenvalue weighted by Crippen LogP contribution is 2.26. The van der Waals surface area contributed by atoms with Crippen molar-refractivity contribution in [2.24, 2.45) is 10.9 Å². The van der Waals surface area contributed by atoms with E-state index in [2.05, 4.69) is 28.1 Å². The van der Waals surface area contributed by atoms with E-state index < -0.39 is 0 Å². The lowest BCUT2D eigenvalue weighted by atomic mass is 9.97. The van der Waals surface area contributed by atoms with E-state index in [4.69, 9.17) is 14.1 Å². The number of hydrogen-bond donors (Lipinski definition) is 1. The number of likely N-dealkylation sites (tertiary alicyclic amines) is 2. The summed E-state index contributed by atoms with van der Waals surface area (Å²) in [6.07, 6.45) is 7.17. The Labute approximate surface area is 197 Å². The number of aliphatic imine (C=N–C) groups is 1. The van der Waals surface area contributed by atoms with Crippen LogP contribution in [0.4, 0.5) is 0 Å². The van der Waals surface area contributed by atoms with E-state index in [0.717, 1.165) is 57.3 Å². The number of nitrogens with one attached hydrogen (secondary N) is 1. The third-order valence-electron chi connectivity index (χ3n) is 5.87. The third kappa shape index (κ3) is 6.87. The number of carbonyl (C=O) groups is 1. The molecule has 30 heavy (non-hydrogen) atoms. The quantitative estimate of drug-likeness (QED) is 0.250. The van der Waals surface area contributed by atoms with Gasteiger partial charge in [0.2, 0.25) is 0 Å². The zero-order valence-corrected chi connectivity index (χ0v) is 20.7. The fraction of sp³-hybridized carbons (Fsp3) is 0.727. The molecular weight excluding hydrogens is 495 g/mol. The molecule has 2 fully saturated rings. The van der Waals surface area contributed by atoms with Crippen molar-refractivity contribution in [1.82, 2.24) is 15.1 Å². The zero-order valence-electron chi connectivity index (χ0n) is 18.3.